The Balaban J connectivity index is 2.81. The fourth-order valence-electron chi connectivity index (χ4n) is 2.21. The Morgan fingerprint density at radius 3 is 2.21 bits per heavy atom. The average molecular weight is 265 g/mol. The van der Waals surface area contributed by atoms with Crippen molar-refractivity contribution in [3.8, 4) is 5.75 Å². The topological polar surface area (TPSA) is 58.6 Å². The highest BCUT2D eigenvalue weighted by Crippen LogP contribution is 2.27. The summed E-state index contributed by atoms with van der Waals surface area (Å²) in [7, 11) is 1.65. The summed E-state index contributed by atoms with van der Waals surface area (Å²) in [6.07, 6.45) is 0. The number of hydrogen-bond acceptors (Lipinski definition) is 3. The van der Waals surface area contributed by atoms with Gasteiger partial charge in [-0.25, -0.2) is 0 Å². The highest BCUT2D eigenvalue weighted by atomic mass is 16.5. The molecule has 19 heavy (non-hydrogen) atoms. The van der Waals surface area contributed by atoms with Crippen molar-refractivity contribution >= 4 is 11.7 Å². The van der Waals surface area contributed by atoms with Gasteiger partial charge in [0, 0.05) is 12.2 Å². The second-order valence-electron chi connectivity index (χ2n) is 5.21. The van der Waals surface area contributed by atoms with E-state index >= 15 is 0 Å². The zero-order valence-corrected chi connectivity index (χ0v) is 12.3. The van der Waals surface area contributed by atoms with E-state index in [9.17, 15) is 4.79 Å². The molecular weight excluding hydrogens is 242 g/mol. The molecule has 4 nitrogen and oxygen atoms in total. The summed E-state index contributed by atoms with van der Waals surface area (Å²) in [4.78, 5) is 11.1. The first-order chi connectivity index (χ1) is 8.86. The molecule has 0 saturated carbocycles. The van der Waals surface area contributed by atoms with Gasteiger partial charge in [-0.1, -0.05) is 13.8 Å². The number of nitrogens with one attached hydrogen (secondary N) is 1. The van der Waals surface area contributed by atoms with Crippen molar-refractivity contribution in [3.05, 3.63) is 23.3 Å². The summed E-state index contributed by atoms with van der Waals surface area (Å²) in [5.41, 5.74) is 3.02. The Bertz CT molecular complexity index is 432. The van der Waals surface area contributed by atoms with Gasteiger partial charge in [0.15, 0.2) is 0 Å². The summed E-state index contributed by atoms with van der Waals surface area (Å²) >= 11 is 0. The third kappa shape index (κ3) is 3.88. The maximum atomic E-state index is 11.1. The molecule has 0 aliphatic heterocycles. The number of carbonyl (C=O) groups is 1. The molecule has 0 amide bonds. The van der Waals surface area contributed by atoms with Crippen LogP contribution in [0.15, 0.2) is 12.1 Å². The lowest BCUT2D eigenvalue weighted by molar-refractivity contribution is -0.142. The van der Waals surface area contributed by atoms with Crippen LogP contribution in [0.2, 0.25) is 0 Å². The maximum absolute atomic E-state index is 11.1. The van der Waals surface area contributed by atoms with Gasteiger partial charge in [-0.3, -0.25) is 4.79 Å². The normalized spacial score (nSPS) is 12.3. The Kier molecular flexibility index (Phi) is 5.21. The van der Waals surface area contributed by atoms with Gasteiger partial charge in [0.05, 0.1) is 13.0 Å². The van der Waals surface area contributed by atoms with Crippen LogP contribution in [0.1, 0.15) is 25.0 Å². The molecule has 4 heteroatoms. The number of carboxylic acid groups (broad SMARTS) is 1. The van der Waals surface area contributed by atoms with E-state index in [1.165, 1.54) is 0 Å². The number of aliphatic carboxylic acids is 1. The minimum atomic E-state index is -0.760. The fraction of sp³-hybridized carbons (Fsp3) is 0.533. The molecule has 0 bridgehead atoms. The molecule has 1 aromatic carbocycles. The number of anilines is 1. The smallest absolute Gasteiger partial charge is 0.308 e. The van der Waals surface area contributed by atoms with Crippen LogP contribution in [-0.2, 0) is 4.79 Å². The van der Waals surface area contributed by atoms with E-state index in [4.69, 9.17) is 9.84 Å². The number of methoxy groups -OCH3 is 1. The Labute approximate surface area is 114 Å². The third-order valence-electron chi connectivity index (χ3n) is 3.31. The van der Waals surface area contributed by atoms with E-state index < -0.39 is 5.97 Å². The van der Waals surface area contributed by atoms with Crippen LogP contribution in [0.5, 0.6) is 5.75 Å². The van der Waals surface area contributed by atoms with Crippen molar-refractivity contribution < 1.29 is 14.6 Å². The van der Waals surface area contributed by atoms with Crippen LogP contribution in [0.25, 0.3) is 0 Å². The molecule has 0 spiro atoms. The Morgan fingerprint density at radius 2 is 1.84 bits per heavy atom. The van der Waals surface area contributed by atoms with E-state index in [0.717, 1.165) is 22.6 Å². The molecule has 1 rings (SSSR count). The molecule has 1 atom stereocenters. The Morgan fingerprint density at radius 1 is 1.32 bits per heavy atom. The van der Waals surface area contributed by atoms with Crippen molar-refractivity contribution in [1.29, 1.82) is 0 Å². The maximum Gasteiger partial charge on any atom is 0.308 e. The highest BCUT2D eigenvalue weighted by Gasteiger charge is 2.21. The zero-order chi connectivity index (χ0) is 14.6. The van der Waals surface area contributed by atoms with Gasteiger partial charge in [-0.05, 0) is 43.0 Å². The molecule has 0 aliphatic rings. The first-order valence-corrected chi connectivity index (χ1v) is 6.48. The average Bonchev–Trinajstić information content (AvgIpc) is 2.27. The summed E-state index contributed by atoms with van der Waals surface area (Å²) in [6.45, 7) is 8.23. The second kappa shape index (κ2) is 6.45. The van der Waals surface area contributed by atoms with Gasteiger partial charge < -0.3 is 15.2 Å². The number of ether oxygens (including phenoxy) is 1. The summed E-state index contributed by atoms with van der Waals surface area (Å²) in [6, 6.07) is 3.95. The number of hydrogen-bond donors (Lipinski definition) is 2. The van der Waals surface area contributed by atoms with Gasteiger partial charge in [0.25, 0.3) is 0 Å². The van der Waals surface area contributed by atoms with Crippen LogP contribution in [0, 0.1) is 25.7 Å². The van der Waals surface area contributed by atoms with Crippen LogP contribution >= 0.6 is 0 Å². The predicted octanol–water partition coefficient (Wildman–Crippen LogP) is 3.08. The molecule has 106 valence electrons. The fourth-order valence-corrected chi connectivity index (χ4v) is 2.21. The molecule has 0 saturated heterocycles. The summed E-state index contributed by atoms with van der Waals surface area (Å²) in [5, 5.41) is 12.4. The van der Waals surface area contributed by atoms with Crippen molar-refractivity contribution in [2.45, 2.75) is 27.7 Å². The number of carboxylic acids is 1. The first kappa shape index (κ1) is 15.3. The minimum Gasteiger partial charge on any atom is -0.496 e. The molecule has 2 N–H and O–H groups in total. The van der Waals surface area contributed by atoms with Gasteiger partial charge in [0.1, 0.15) is 5.75 Å². The molecule has 0 heterocycles. The lowest BCUT2D eigenvalue weighted by Gasteiger charge is -2.18. The molecule has 1 unspecified atom stereocenters. The van der Waals surface area contributed by atoms with E-state index in [2.05, 4.69) is 5.32 Å². The number of benzene rings is 1. The van der Waals surface area contributed by atoms with E-state index in [-0.39, 0.29) is 11.8 Å². The zero-order valence-electron chi connectivity index (χ0n) is 12.3. The molecule has 1 aromatic rings. The van der Waals surface area contributed by atoms with Crippen molar-refractivity contribution in [1.82, 2.24) is 0 Å². The van der Waals surface area contributed by atoms with Gasteiger partial charge >= 0.3 is 5.97 Å². The monoisotopic (exact) mass is 265 g/mol. The summed E-state index contributed by atoms with van der Waals surface area (Å²) in [5.74, 6) is -0.165. The van der Waals surface area contributed by atoms with Crippen LogP contribution < -0.4 is 10.1 Å². The molecule has 0 radical (unpaired) electrons. The molecule has 0 aliphatic carbocycles. The van der Waals surface area contributed by atoms with Gasteiger partial charge in [0.2, 0.25) is 0 Å². The van der Waals surface area contributed by atoms with Crippen molar-refractivity contribution in [2.75, 3.05) is 19.0 Å². The molecule has 0 fully saturated rings. The van der Waals surface area contributed by atoms with E-state index in [1.807, 2.05) is 39.8 Å². The van der Waals surface area contributed by atoms with Crippen LogP contribution in [-0.4, -0.2) is 24.7 Å². The number of aryl methyl sites for hydroxylation is 2. The SMILES string of the molecule is COc1c(C)cc(NCC(C(=O)O)C(C)C)cc1C. The summed E-state index contributed by atoms with van der Waals surface area (Å²) < 4.78 is 5.31. The van der Waals surface area contributed by atoms with Crippen molar-refractivity contribution in [3.63, 3.8) is 0 Å². The van der Waals surface area contributed by atoms with Crippen LogP contribution in [0.4, 0.5) is 5.69 Å². The number of rotatable bonds is 6. The van der Waals surface area contributed by atoms with Crippen LogP contribution in [0.3, 0.4) is 0 Å². The van der Waals surface area contributed by atoms with Gasteiger partial charge in [-0.2, -0.15) is 0 Å². The lowest BCUT2D eigenvalue weighted by atomic mass is 9.96. The second-order valence-corrected chi connectivity index (χ2v) is 5.21. The molecular formula is C15H23NO3. The van der Waals surface area contributed by atoms with E-state index in [1.54, 1.807) is 7.11 Å². The van der Waals surface area contributed by atoms with Gasteiger partial charge in [-0.15, -0.1) is 0 Å². The standard InChI is InChI=1S/C15H23NO3/c1-9(2)13(15(17)18)8-16-12-6-10(3)14(19-5)11(4)7-12/h6-7,9,13,16H,8H2,1-5H3,(H,17,18). The first-order valence-electron chi connectivity index (χ1n) is 6.48. The minimum absolute atomic E-state index is 0.102. The predicted molar refractivity (Wildman–Crippen MR) is 76.9 cm³/mol. The highest BCUT2D eigenvalue weighted by molar-refractivity contribution is 5.71. The third-order valence-corrected chi connectivity index (χ3v) is 3.31. The Hall–Kier alpha value is -1.71. The lowest BCUT2D eigenvalue weighted by Crippen LogP contribution is -2.27. The van der Waals surface area contributed by atoms with Crippen molar-refractivity contribution in [2.24, 2.45) is 11.8 Å². The van der Waals surface area contributed by atoms with E-state index in [0.29, 0.717) is 6.54 Å². The molecule has 0 aromatic heterocycles. The quantitative estimate of drug-likeness (QED) is 0.830. The largest absolute Gasteiger partial charge is 0.496 e.